The summed E-state index contributed by atoms with van der Waals surface area (Å²) in [6.07, 6.45) is 4.41. The van der Waals surface area contributed by atoms with Gasteiger partial charge in [0.1, 0.15) is 23.7 Å². The number of imidazole rings is 1. The lowest BCUT2D eigenvalue weighted by Gasteiger charge is -2.20. The smallest absolute Gasteiger partial charge is 0.155 e. The molecule has 0 aliphatic carbocycles. The fraction of sp³-hybridized carbons (Fsp3) is 0.130. The predicted molar refractivity (Wildman–Crippen MR) is 111 cm³/mol. The van der Waals surface area contributed by atoms with E-state index in [1.165, 1.54) is 18.0 Å². The predicted octanol–water partition coefficient (Wildman–Crippen LogP) is 4.33. The van der Waals surface area contributed by atoms with Crippen LogP contribution in [-0.2, 0) is 13.0 Å². The highest BCUT2D eigenvalue weighted by Gasteiger charge is 2.26. The van der Waals surface area contributed by atoms with Crippen molar-refractivity contribution in [3.63, 3.8) is 0 Å². The van der Waals surface area contributed by atoms with Crippen molar-refractivity contribution in [3.8, 4) is 34.0 Å². The molecule has 0 saturated heterocycles. The Hall–Kier alpha value is -3.87. The monoisotopic (exact) mass is 396 g/mol. The van der Waals surface area contributed by atoms with Gasteiger partial charge in [-0.15, -0.1) is 0 Å². The third-order valence-electron chi connectivity index (χ3n) is 5.64. The lowest BCUT2D eigenvalue weighted by atomic mass is 10.0. The Labute approximate surface area is 171 Å². The number of aromatic nitrogens is 6. The molecule has 30 heavy (non-hydrogen) atoms. The highest BCUT2D eigenvalue weighted by Crippen LogP contribution is 2.39. The molecule has 0 fully saturated rings. The molecule has 0 atom stereocenters. The van der Waals surface area contributed by atoms with Crippen molar-refractivity contribution in [3.05, 3.63) is 78.1 Å². The third kappa shape index (κ3) is 2.48. The standard InChI is InChI=1S/C23H17FN6/c1-14-18(24)7-8-19(27-14)21-22(16-6-9-20-25-13-26-30(20)12-16)29-11-10-15-4-2-3-5-17(15)23(29)28-21/h2-9,12-13H,10-11H2,1H3. The van der Waals surface area contributed by atoms with Crippen LogP contribution < -0.4 is 0 Å². The molecule has 5 heterocycles. The van der Waals surface area contributed by atoms with Crippen molar-refractivity contribution >= 4 is 5.65 Å². The normalized spacial score (nSPS) is 12.7. The fourth-order valence-corrected chi connectivity index (χ4v) is 4.17. The van der Waals surface area contributed by atoms with Gasteiger partial charge in [0.2, 0.25) is 0 Å². The molecule has 7 heteroatoms. The van der Waals surface area contributed by atoms with E-state index >= 15 is 0 Å². The summed E-state index contributed by atoms with van der Waals surface area (Å²) in [5.41, 5.74) is 6.85. The molecule has 6 nitrogen and oxygen atoms in total. The molecule has 0 radical (unpaired) electrons. The molecular formula is C23H17FN6. The maximum atomic E-state index is 13.9. The Balaban J connectivity index is 1.65. The first-order chi connectivity index (χ1) is 14.7. The van der Waals surface area contributed by atoms with Gasteiger partial charge in [-0.05, 0) is 43.2 Å². The van der Waals surface area contributed by atoms with Crippen LogP contribution in [0.2, 0.25) is 0 Å². The Morgan fingerprint density at radius 3 is 2.80 bits per heavy atom. The summed E-state index contributed by atoms with van der Waals surface area (Å²) < 4.78 is 17.9. The molecule has 0 amide bonds. The molecule has 146 valence electrons. The fourth-order valence-electron chi connectivity index (χ4n) is 4.17. The summed E-state index contributed by atoms with van der Waals surface area (Å²) in [5, 5.41) is 4.28. The zero-order valence-corrected chi connectivity index (χ0v) is 16.2. The summed E-state index contributed by atoms with van der Waals surface area (Å²) in [5.74, 6) is 0.586. The second-order valence-corrected chi connectivity index (χ2v) is 7.44. The Kier molecular flexibility index (Phi) is 3.59. The van der Waals surface area contributed by atoms with Crippen LogP contribution in [0.15, 0.2) is 61.1 Å². The van der Waals surface area contributed by atoms with Gasteiger partial charge in [0.25, 0.3) is 0 Å². The van der Waals surface area contributed by atoms with E-state index < -0.39 is 0 Å². The number of nitrogens with zero attached hydrogens (tertiary/aromatic N) is 6. The number of hydrogen-bond acceptors (Lipinski definition) is 4. The van der Waals surface area contributed by atoms with E-state index in [4.69, 9.17) is 4.98 Å². The quantitative estimate of drug-likeness (QED) is 0.446. The van der Waals surface area contributed by atoms with E-state index in [0.29, 0.717) is 11.4 Å². The van der Waals surface area contributed by atoms with Crippen LogP contribution in [0, 0.1) is 12.7 Å². The SMILES string of the molecule is Cc1nc(-c2nc3n(c2-c2ccc4ncnn4c2)CCc2ccccc2-3)ccc1F. The van der Waals surface area contributed by atoms with Gasteiger partial charge in [-0.25, -0.2) is 23.9 Å². The average Bonchev–Trinajstić information content (AvgIpc) is 3.39. The van der Waals surface area contributed by atoms with Gasteiger partial charge in [-0.3, -0.25) is 0 Å². The van der Waals surface area contributed by atoms with E-state index in [0.717, 1.165) is 47.0 Å². The number of pyridine rings is 2. The van der Waals surface area contributed by atoms with E-state index in [2.05, 4.69) is 37.8 Å². The van der Waals surface area contributed by atoms with Crippen LogP contribution in [0.5, 0.6) is 0 Å². The number of aryl methyl sites for hydroxylation is 2. The number of rotatable bonds is 2. The molecule has 6 rings (SSSR count). The Morgan fingerprint density at radius 2 is 1.90 bits per heavy atom. The molecule has 0 bridgehead atoms. The van der Waals surface area contributed by atoms with Gasteiger partial charge in [0.05, 0.1) is 17.1 Å². The lowest BCUT2D eigenvalue weighted by Crippen LogP contribution is -2.12. The molecule has 0 N–H and O–H groups in total. The van der Waals surface area contributed by atoms with Crippen molar-refractivity contribution in [1.82, 2.24) is 29.1 Å². The van der Waals surface area contributed by atoms with Crippen LogP contribution >= 0.6 is 0 Å². The minimum absolute atomic E-state index is 0.321. The van der Waals surface area contributed by atoms with E-state index in [9.17, 15) is 4.39 Å². The minimum Gasteiger partial charge on any atom is -0.323 e. The molecular weight excluding hydrogens is 379 g/mol. The van der Waals surface area contributed by atoms with Crippen molar-refractivity contribution < 1.29 is 4.39 Å². The van der Waals surface area contributed by atoms with Crippen molar-refractivity contribution in [2.75, 3.05) is 0 Å². The van der Waals surface area contributed by atoms with Crippen molar-refractivity contribution in [1.29, 1.82) is 0 Å². The molecule has 5 aromatic rings. The van der Waals surface area contributed by atoms with Gasteiger partial charge in [-0.1, -0.05) is 24.3 Å². The number of fused-ring (bicyclic) bond motifs is 4. The van der Waals surface area contributed by atoms with Crippen LogP contribution in [0.4, 0.5) is 4.39 Å². The first kappa shape index (κ1) is 17.0. The molecule has 0 saturated carbocycles. The summed E-state index contributed by atoms with van der Waals surface area (Å²) in [7, 11) is 0. The second-order valence-electron chi connectivity index (χ2n) is 7.44. The van der Waals surface area contributed by atoms with Gasteiger partial charge >= 0.3 is 0 Å². The highest BCUT2D eigenvalue weighted by molar-refractivity contribution is 5.82. The number of halogens is 1. The van der Waals surface area contributed by atoms with Crippen LogP contribution in [-0.4, -0.2) is 29.1 Å². The molecule has 0 unspecified atom stereocenters. The second kappa shape index (κ2) is 6.32. The summed E-state index contributed by atoms with van der Waals surface area (Å²) in [6, 6.07) is 15.4. The van der Waals surface area contributed by atoms with Crippen molar-refractivity contribution in [2.24, 2.45) is 0 Å². The molecule has 4 aromatic heterocycles. The van der Waals surface area contributed by atoms with Crippen molar-refractivity contribution in [2.45, 2.75) is 19.9 Å². The zero-order valence-electron chi connectivity index (χ0n) is 16.2. The molecule has 0 spiro atoms. The van der Waals surface area contributed by atoms with Gasteiger partial charge in [0, 0.05) is 23.9 Å². The van der Waals surface area contributed by atoms with E-state index in [-0.39, 0.29) is 5.82 Å². The first-order valence-corrected chi connectivity index (χ1v) is 9.81. The third-order valence-corrected chi connectivity index (χ3v) is 5.64. The first-order valence-electron chi connectivity index (χ1n) is 9.81. The summed E-state index contributed by atoms with van der Waals surface area (Å²) >= 11 is 0. The number of hydrogen-bond donors (Lipinski definition) is 0. The Morgan fingerprint density at radius 1 is 1.00 bits per heavy atom. The maximum absolute atomic E-state index is 13.9. The Bertz CT molecular complexity index is 1430. The van der Waals surface area contributed by atoms with Crippen LogP contribution in [0.3, 0.4) is 0 Å². The highest BCUT2D eigenvalue weighted by atomic mass is 19.1. The number of benzene rings is 1. The van der Waals surface area contributed by atoms with E-state index in [1.807, 2.05) is 24.4 Å². The zero-order chi connectivity index (χ0) is 20.2. The minimum atomic E-state index is -0.321. The molecule has 1 aliphatic rings. The van der Waals surface area contributed by atoms with Crippen LogP contribution in [0.25, 0.3) is 39.7 Å². The maximum Gasteiger partial charge on any atom is 0.155 e. The topological polar surface area (TPSA) is 60.9 Å². The lowest BCUT2D eigenvalue weighted by molar-refractivity contribution is 0.610. The summed E-state index contributed by atoms with van der Waals surface area (Å²) in [6.45, 7) is 2.48. The van der Waals surface area contributed by atoms with E-state index in [1.54, 1.807) is 17.5 Å². The van der Waals surface area contributed by atoms with Gasteiger partial charge in [-0.2, -0.15) is 5.10 Å². The van der Waals surface area contributed by atoms with Crippen LogP contribution in [0.1, 0.15) is 11.3 Å². The molecule has 1 aromatic carbocycles. The largest absolute Gasteiger partial charge is 0.323 e. The molecule has 1 aliphatic heterocycles. The summed E-state index contributed by atoms with van der Waals surface area (Å²) in [4.78, 5) is 13.7. The average molecular weight is 396 g/mol. The van der Waals surface area contributed by atoms with Gasteiger partial charge in [0.15, 0.2) is 5.65 Å². The van der Waals surface area contributed by atoms with Gasteiger partial charge < -0.3 is 4.57 Å².